The first-order valence-electron chi connectivity index (χ1n) is 8.46. The lowest BCUT2D eigenvalue weighted by atomic mass is 10.2. The number of carbonyl (C=O) groups is 1. The number of hydrogen-bond donors (Lipinski definition) is 3. The van der Waals surface area contributed by atoms with Crippen LogP contribution in [0.25, 0.3) is 0 Å². The van der Waals surface area contributed by atoms with Gasteiger partial charge in [0.2, 0.25) is 11.6 Å². The molecular weight excluding hydrogens is 388 g/mol. The summed E-state index contributed by atoms with van der Waals surface area (Å²) in [5.41, 5.74) is 7.67. The summed E-state index contributed by atoms with van der Waals surface area (Å²) in [6.45, 7) is 3.02. The largest absolute Gasteiger partial charge is 0.356 e. The highest BCUT2D eigenvalue weighted by Gasteiger charge is 2.26. The Morgan fingerprint density at radius 2 is 1.86 bits per heavy atom. The first kappa shape index (κ1) is 19.7. The molecule has 1 aliphatic rings. The van der Waals surface area contributed by atoms with Gasteiger partial charge in [-0.2, -0.15) is 0 Å². The third-order valence-corrected chi connectivity index (χ3v) is 4.51. The average molecular weight is 407 g/mol. The molecule has 0 unspecified atom stereocenters. The van der Waals surface area contributed by atoms with Gasteiger partial charge >= 0.3 is 5.69 Å². The summed E-state index contributed by atoms with van der Waals surface area (Å²) < 4.78 is 0. The fraction of sp³-hybridized carbons (Fsp3) is 0.312. The third kappa shape index (κ3) is 4.63. The van der Waals surface area contributed by atoms with E-state index in [1.54, 1.807) is 18.2 Å². The van der Waals surface area contributed by atoms with Crippen LogP contribution < -0.4 is 16.3 Å². The predicted molar refractivity (Wildman–Crippen MR) is 104 cm³/mol. The Kier molecular flexibility index (Phi) is 6.19. The second-order valence-electron chi connectivity index (χ2n) is 6.14. The fourth-order valence-corrected chi connectivity index (χ4v) is 2.84. The van der Waals surface area contributed by atoms with Crippen molar-refractivity contribution in [3.8, 4) is 0 Å². The van der Waals surface area contributed by atoms with Crippen LogP contribution in [0.2, 0.25) is 5.02 Å². The maximum absolute atomic E-state index is 12.3. The molecular formula is C16H19ClN8O3. The maximum atomic E-state index is 12.3. The number of piperazine rings is 1. The number of likely N-dealkylation sites (N-methyl/N-ethyl adjacent to an activating group) is 1. The number of nitrogens with one attached hydrogen (secondary N) is 3. The van der Waals surface area contributed by atoms with E-state index in [4.69, 9.17) is 11.6 Å². The van der Waals surface area contributed by atoms with E-state index in [9.17, 15) is 14.9 Å². The fourth-order valence-electron chi connectivity index (χ4n) is 2.62. The zero-order chi connectivity index (χ0) is 20.1. The van der Waals surface area contributed by atoms with Crippen LogP contribution in [0.3, 0.4) is 0 Å². The molecule has 0 atom stereocenters. The molecule has 0 radical (unpaired) electrons. The molecule has 1 aromatic heterocycles. The summed E-state index contributed by atoms with van der Waals surface area (Å²) >= 11 is 5.99. The Morgan fingerprint density at radius 3 is 2.54 bits per heavy atom. The Morgan fingerprint density at radius 1 is 1.18 bits per heavy atom. The molecule has 1 fully saturated rings. The second kappa shape index (κ2) is 8.78. The van der Waals surface area contributed by atoms with E-state index in [0.29, 0.717) is 13.1 Å². The van der Waals surface area contributed by atoms with Crippen LogP contribution in [-0.4, -0.2) is 63.9 Å². The summed E-state index contributed by atoms with van der Waals surface area (Å²) in [7, 11) is 2.01. The number of hydrazine groups is 2. The van der Waals surface area contributed by atoms with Crippen LogP contribution in [0, 0.1) is 10.1 Å². The quantitative estimate of drug-likeness (QED) is 0.481. The van der Waals surface area contributed by atoms with E-state index in [2.05, 4.69) is 31.1 Å². The van der Waals surface area contributed by atoms with Crippen molar-refractivity contribution in [3.05, 3.63) is 51.3 Å². The summed E-state index contributed by atoms with van der Waals surface area (Å²) in [6, 6.07) is 6.46. The van der Waals surface area contributed by atoms with E-state index >= 15 is 0 Å². The van der Waals surface area contributed by atoms with Crippen LogP contribution >= 0.6 is 11.6 Å². The van der Waals surface area contributed by atoms with Crippen molar-refractivity contribution < 1.29 is 9.72 Å². The van der Waals surface area contributed by atoms with Gasteiger partial charge in [0.1, 0.15) is 6.33 Å². The number of halogens is 1. The molecule has 28 heavy (non-hydrogen) atoms. The van der Waals surface area contributed by atoms with Gasteiger partial charge in [0.25, 0.3) is 5.91 Å². The lowest BCUT2D eigenvalue weighted by Gasteiger charge is -2.32. The van der Waals surface area contributed by atoms with Crippen molar-refractivity contribution in [3.63, 3.8) is 0 Å². The van der Waals surface area contributed by atoms with Gasteiger partial charge in [0.15, 0.2) is 0 Å². The van der Waals surface area contributed by atoms with Crippen LogP contribution in [0.5, 0.6) is 0 Å². The molecule has 1 aliphatic heterocycles. The highest BCUT2D eigenvalue weighted by atomic mass is 35.5. The highest BCUT2D eigenvalue weighted by Crippen LogP contribution is 2.29. The molecule has 3 rings (SSSR count). The molecule has 0 spiro atoms. The number of aromatic nitrogens is 2. The van der Waals surface area contributed by atoms with Crippen LogP contribution in [0.1, 0.15) is 10.4 Å². The molecule has 2 heterocycles. The molecule has 1 amide bonds. The topological polar surface area (TPSA) is 129 Å². The number of amides is 1. The minimum atomic E-state index is -0.609. The van der Waals surface area contributed by atoms with Crippen molar-refractivity contribution in [2.24, 2.45) is 0 Å². The lowest BCUT2D eigenvalue weighted by molar-refractivity contribution is -0.383. The van der Waals surface area contributed by atoms with E-state index in [1.165, 1.54) is 12.4 Å². The van der Waals surface area contributed by atoms with E-state index in [-0.39, 0.29) is 27.9 Å². The lowest BCUT2D eigenvalue weighted by Crippen LogP contribution is -2.47. The monoisotopic (exact) mass is 406 g/mol. The molecule has 1 aromatic carbocycles. The Hall–Kier alpha value is -3.02. The van der Waals surface area contributed by atoms with E-state index in [0.717, 1.165) is 13.1 Å². The molecule has 0 aliphatic carbocycles. The minimum absolute atomic E-state index is 0.0408. The molecule has 11 nitrogen and oxygen atoms in total. The smallest absolute Gasteiger partial charge is 0.304 e. The van der Waals surface area contributed by atoms with Gasteiger partial charge in [-0.25, -0.2) is 15.0 Å². The van der Waals surface area contributed by atoms with E-state index < -0.39 is 10.8 Å². The summed E-state index contributed by atoms with van der Waals surface area (Å²) in [5.74, 6) is -0.650. The van der Waals surface area contributed by atoms with Crippen molar-refractivity contribution in [2.75, 3.05) is 44.1 Å². The van der Waals surface area contributed by atoms with Crippen molar-refractivity contribution in [1.29, 1.82) is 0 Å². The van der Waals surface area contributed by atoms with Crippen molar-refractivity contribution in [2.45, 2.75) is 0 Å². The summed E-state index contributed by atoms with van der Waals surface area (Å²) in [6.07, 6.45) is 1.18. The van der Waals surface area contributed by atoms with Crippen LogP contribution in [-0.2, 0) is 0 Å². The molecule has 2 aromatic rings. The molecule has 0 bridgehead atoms. The predicted octanol–water partition coefficient (Wildman–Crippen LogP) is 1.37. The first-order chi connectivity index (χ1) is 13.5. The van der Waals surface area contributed by atoms with Crippen molar-refractivity contribution in [1.82, 2.24) is 25.3 Å². The van der Waals surface area contributed by atoms with Gasteiger partial charge in [-0.1, -0.05) is 23.7 Å². The van der Waals surface area contributed by atoms with Crippen LogP contribution in [0.15, 0.2) is 30.6 Å². The third-order valence-electron chi connectivity index (χ3n) is 4.19. The standard InChI is InChI=1S/C16H19ClN8O3/c1-23-6-8-24(9-7-23)22-15-13(25(27)28)14(18-10-19-15)20-21-16(26)11-4-2-3-5-12(11)17/h2-5,10H,6-9H2,1H3,(H,21,26)(H2,18,19,20,22). The minimum Gasteiger partial charge on any atom is -0.304 e. The summed E-state index contributed by atoms with van der Waals surface area (Å²) in [4.78, 5) is 33.2. The number of benzene rings is 1. The Balaban J connectivity index is 1.75. The molecule has 3 N–H and O–H groups in total. The van der Waals surface area contributed by atoms with E-state index in [1.807, 2.05) is 12.1 Å². The number of anilines is 2. The normalized spacial score (nSPS) is 15.1. The zero-order valence-corrected chi connectivity index (χ0v) is 15.8. The van der Waals surface area contributed by atoms with Gasteiger partial charge in [0, 0.05) is 26.2 Å². The molecule has 0 saturated carbocycles. The number of nitrogens with zero attached hydrogens (tertiary/aromatic N) is 5. The first-order valence-corrected chi connectivity index (χ1v) is 8.84. The van der Waals surface area contributed by atoms with Gasteiger partial charge in [-0.3, -0.25) is 31.2 Å². The molecule has 12 heteroatoms. The molecule has 148 valence electrons. The van der Waals surface area contributed by atoms with Gasteiger partial charge < -0.3 is 4.90 Å². The molecule has 1 saturated heterocycles. The second-order valence-corrected chi connectivity index (χ2v) is 6.54. The van der Waals surface area contributed by atoms with Gasteiger partial charge in [-0.05, 0) is 19.2 Å². The van der Waals surface area contributed by atoms with Gasteiger partial charge in [-0.15, -0.1) is 0 Å². The van der Waals surface area contributed by atoms with Gasteiger partial charge in [0.05, 0.1) is 15.5 Å². The number of carbonyl (C=O) groups excluding carboxylic acids is 1. The Bertz CT molecular complexity index is 873. The highest BCUT2D eigenvalue weighted by molar-refractivity contribution is 6.33. The number of hydrogen-bond acceptors (Lipinski definition) is 9. The van der Waals surface area contributed by atoms with Crippen LogP contribution in [0.4, 0.5) is 17.3 Å². The summed E-state index contributed by atoms with van der Waals surface area (Å²) in [5, 5.41) is 13.7. The number of rotatable bonds is 6. The van der Waals surface area contributed by atoms with Crippen molar-refractivity contribution >= 4 is 34.8 Å². The number of nitro groups is 1. The Labute approximate surface area is 165 Å². The average Bonchev–Trinajstić information content (AvgIpc) is 2.68. The zero-order valence-electron chi connectivity index (χ0n) is 15.1. The SMILES string of the molecule is CN1CCN(Nc2ncnc(NNC(=O)c3ccccc3Cl)c2[N+](=O)[O-])CC1. The maximum Gasteiger partial charge on any atom is 0.356 e.